The van der Waals surface area contributed by atoms with Crippen molar-refractivity contribution in [3.05, 3.63) is 41.3 Å². The van der Waals surface area contributed by atoms with Crippen LogP contribution in [-0.2, 0) is 9.47 Å². The normalized spacial score (nSPS) is 22.0. The Morgan fingerprint density at radius 1 is 1.23 bits per heavy atom. The van der Waals surface area contributed by atoms with Gasteiger partial charge < -0.3 is 19.1 Å². The zero-order valence-corrected chi connectivity index (χ0v) is 20.4. The second-order valence-corrected chi connectivity index (χ2v) is 10.2. The Balaban J connectivity index is 1.40. The fourth-order valence-electron chi connectivity index (χ4n) is 4.54. The quantitative estimate of drug-likeness (QED) is 0.540. The zero-order valence-electron chi connectivity index (χ0n) is 19.6. The van der Waals surface area contributed by atoms with Crippen molar-refractivity contribution in [3.8, 4) is 17.6 Å². The number of amides is 1. The maximum atomic E-state index is 12.7. The van der Waals surface area contributed by atoms with Gasteiger partial charge in [-0.05, 0) is 39.0 Å². The molecule has 0 spiro atoms. The summed E-state index contributed by atoms with van der Waals surface area (Å²) in [5.41, 5.74) is 1.04. The molecule has 2 aliphatic heterocycles. The van der Waals surface area contributed by atoms with Crippen molar-refractivity contribution in [3.63, 3.8) is 0 Å². The molecule has 1 amide bonds. The highest BCUT2D eigenvalue weighted by molar-refractivity contribution is 6.32. The van der Waals surface area contributed by atoms with Crippen molar-refractivity contribution in [1.82, 2.24) is 24.6 Å². The molecule has 5 rings (SSSR count). The molecule has 10 nitrogen and oxygen atoms in total. The van der Waals surface area contributed by atoms with E-state index >= 15 is 0 Å². The number of nitriles is 1. The number of hydrogen-bond donors (Lipinski definition) is 0. The lowest BCUT2D eigenvalue weighted by Crippen LogP contribution is -2.59. The van der Waals surface area contributed by atoms with E-state index in [1.807, 2.05) is 20.8 Å². The molecular weight excluding hydrogens is 472 g/mol. The molecule has 11 heteroatoms. The second-order valence-electron chi connectivity index (χ2n) is 9.78. The molecule has 2 fully saturated rings. The topological polar surface area (TPSA) is 115 Å². The van der Waals surface area contributed by atoms with Crippen molar-refractivity contribution in [2.45, 2.75) is 32.5 Å². The summed E-state index contributed by atoms with van der Waals surface area (Å²) in [6.45, 7) is 7.49. The average Bonchev–Trinajstić information content (AvgIpc) is 3.22. The van der Waals surface area contributed by atoms with Crippen LogP contribution >= 0.6 is 11.6 Å². The van der Waals surface area contributed by atoms with Crippen LogP contribution in [0.2, 0.25) is 5.02 Å². The fourth-order valence-corrected chi connectivity index (χ4v) is 4.80. The van der Waals surface area contributed by atoms with Crippen molar-refractivity contribution >= 4 is 28.7 Å². The molecule has 1 aromatic carbocycles. The number of piperidine rings is 1. The van der Waals surface area contributed by atoms with E-state index in [1.165, 1.54) is 6.33 Å². The minimum atomic E-state index is -0.555. The molecule has 4 heterocycles. The summed E-state index contributed by atoms with van der Waals surface area (Å²) in [4.78, 5) is 23.2. The summed E-state index contributed by atoms with van der Waals surface area (Å²) in [7, 11) is 0. The molecule has 2 aromatic heterocycles. The molecular formula is C24H25ClN6O4. The summed E-state index contributed by atoms with van der Waals surface area (Å²) in [5.74, 6) is 0.365. The van der Waals surface area contributed by atoms with Crippen LogP contribution in [0.5, 0.6) is 5.88 Å². The molecule has 2 atom stereocenters. The van der Waals surface area contributed by atoms with Crippen LogP contribution in [0.1, 0.15) is 26.3 Å². The number of benzene rings is 1. The van der Waals surface area contributed by atoms with Gasteiger partial charge in [0.15, 0.2) is 5.65 Å². The Hall–Kier alpha value is -3.42. The van der Waals surface area contributed by atoms with Gasteiger partial charge in [0.2, 0.25) is 5.88 Å². The van der Waals surface area contributed by atoms with Gasteiger partial charge in [-0.3, -0.25) is 0 Å². The van der Waals surface area contributed by atoms with Gasteiger partial charge in [-0.1, -0.05) is 11.6 Å². The molecule has 3 aromatic rings. The van der Waals surface area contributed by atoms with Gasteiger partial charge in [0.25, 0.3) is 0 Å². The van der Waals surface area contributed by atoms with Gasteiger partial charge in [-0.15, -0.1) is 0 Å². The van der Waals surface area contributed by atoms with Crippen molar-refractivity contribution < 1.29 is 19.0 Å². The third-order valence-corrected chi connectivity index (χ3v) is 6.34. The zero-order chi connectivity index (χ0) is 24.7. The van der Waals surface area contributed by atoms with Crippen LogP contribution < -0.4 is 4.74 Å². The first kappa shape index (κ1) is 23.3. The summed E-state index contributed by atoms with van der Waals surface area (Å²) < 4.78 is 19.4. The van der Waals surface area contributed by atoms with E-state index < -0.39 is 5.60 Å². The highest BCUT2D eigenvalue weighted by Gasteiger charge is 2.44. The molecule has 2 unspecified atom stereocenters. The predicted molar refractivity (Wildman–Crippen MR) is 126 cm³/mol. The lowest BCUT2D eigenvalue weighted by Gasteiger charge is -2.46. The van der Waals surface area contributed by atoms with Gasteiger partial charge in [-0.25, -0.2) is 19.4 Å². The van der Waals surface area contributed by atoms with Crippen LogP contribution in [0.25, 0.3) is 16.7 Å². The monoisotopic (exact) mass is 496 g/mol. The Labute approximate surface area is 207 Å². The summed E-state index contributed by atoms with van der Waals surface area (Å²) in [5, 5.41) is 14.6. The van der Waals surface area contributed by atoms with E-state index in [2.05, 4.69) is 21.1 Å². The van der Waals surface area contributed by atoms with E-state index in [-0.39, 0.29) is 24.0 Å². The maximum absolute atomic E-state index is 12.7. The predicted octanol–water partition coefficient (Wildman–Crippen LogP) is 3.60. The number of hydrogen-bond acceptors (Lipinski definition) is 8. The Bertz CT molecular complexity index is 1300. The third kappa shape index (κ3) is 4.61. The Morgan fingerprint density at radius 3 is 2.63 bits per heavy atom. The van der Waals surface area contributed by atoms with E-state index in [4.69, 9.17) is 31.1 Å². The average molecular weight is 497 g/mol. The Morgan fingerprint density at radius 2 is 1.97 bits per heavy atom. The molecule has 0 N–H and O–H groups in total. The molecule has 0 radical (unpaired) electrons. The van der Waals surface area contributed by atoms with Crippen molar-refractivity contribution in [2.75, 3.05) is 26.3 Å². The second kappa shape index (κ2) is 8.98. The first-order chi connectivity index (χ1) is 16.7. The van der Waals surface area contributed by atoms with Crippen LogP contribution in [0.3, 0.4) is 0 Å². The summed E-state index contributed by atoms with van der Waals surface area (Å²) >= 11 is 6.40. The standard InChI is InChI=1S/C24H25ClN6O4/c1-24(2,3)35-23(32)30-9-15-11-33-12-16(10-30)20(15)34-22-17-8-29-31(21(17)27-13-28-22)19-5-4-14(7-26)6-18(19)25/h4-6,8,13,15-16,20H,9-12H2,1-3H3. The number of fused-ring (bicyclic) bond motifs is 3. The van der Waals surface area contributed by atoms with Crippen LogP contribution in [0.15, 0.2) is 30.7 Å². The molecule has 0 aliphatic carbocycles. The third-order valence-electron chi connectivity index (χ3n) is 6.04. The smallest absolute Gasteiger partial charge is 0.410 e. The maximum Gasteiger partial charge on any atom is 0.410 e. The summed E-state index contributed by atoms with van der Waals surface area (Å²) in [6, 6.07) is 7.06. The van der Waals surface area contributed by atoms with Crippen LogP contribution in [0, 0.1) is 23.2 Å². The molecule has 2 aliphatic rings. The van der Waals surface area contributed by atoms with Gasteiger partial charge in [0, 0.05) is 24.9 Å². The molecule has 2 saturated heterocycles. The molecule has 2 bridgehead atoms. The highest BCUT2D eigenvalue weighted by atomic mass is 35.5. The number of nitrogens with zero attached hydrogens (tertiary/aromatic N) is 6. The van der Waals surface area contributed by atoms with Gasteiger partial charge in [-0.2, -0.15) is 10.4 Å². The van der Waals surface area contributed by atoms with E-state index in [0.717, 1.165) is 0 Å². The first-order valence-corrected chi connectivity index (χ1v) is 11.7. The van der Waals surface area contributed by atoms with Gasteiger partial charge in [0.05, 0.1) is 41.8 Å². The number of aromatic nitrogens is 4. The fraction of sp³-hybridized carbons (Fsp3) is 0.458. The molecule has 0 saturated carbocycles. The van der Waals surface area contributed by atoms with E-state index in [9.17, 15) is 4.79 Å². The number of halogens is 1. The minimum Gasteiger partial charge on any atom is -0.473 e. The SMILES string of the molecule is CC(C)(C)OC(=O)N1CC2COCC(C1)C2Oc1ncnc2c1cnn2-c1ccc(C#N)cc1Cl. The lowest BCUT2D eigenvalue weighted by atomic mass is 9.84. The Kier molecular flexibility index (Phi) is 5.99. The van der Waals surface area contributed by atoms with E-state index in [0.29, 0.717) is 59.5 Å². The molecule has 35 heavy (non-hydrogen) atoms. The first-order valence-electron chi connectivity index (χ1n) is 11.3. The van der Waals surface area contributed by atoms with Crippen LogP contribution in [-0.4, -0.2) is 68.7 Å². The summed E-state index contributed by atoms with van der Waals surface area (Å²) in [6.07, 6.45) is 2.57. The number of likely N-dealkylation sites (tertiary alicyclic amines) is 1. The molecule has 182 valence electrons. The van der Waals surface area contributed by atoms with Crippen LogP contribution in [0.4, 0.5) is 4.79 Å². The van der Waals surface area contributed by atoms with Gasteiger partial charge in [0.1, 0.15) is 23.4 Å². The van der Waals surface area contributed by atoms with E-state index in [1.54, 1.807) is 34.0 Å². The van der Waals surface area contributed by atoms with Crippen molar-refractivity contribution in [2.24, 2.45) is 11.8 Å². The lowest BCUT2D eigenvalue weighted by molar-refractivity contribution is -0.112. The van der Waals surface area contributed by atoms with Gasteiger partial charge >= 0.3 is 6.09 Å². The number of rotatable bonds is 3. The number of carbonyl (C=O) groups is 1. The number of carbonyl (C=O) groups excluding carboxylic acids is 1. The minimum absolute atomic E-state index is 0.0250. The van der Waals surface area contributed by atoms with Crippen molar-refractivity contribution in [1.29, 1.82) is 5.26 Å². The highest BCUT2D eigenvalue weighted by Crippen LogP contribution is 2.34. The number of ether oxygens (including phenoxy) is 3. The largest absolute Gasteiger partial charge is 0.473 e.